The van der Waals surface area contributed by atoms with Gasteiger partial charge in [0.15, 0.2) is 11.6 Å². The van der Waals surface area contributed by atoms with E-state index in [2.05, 4.69) is 0 Å². The smallest absolute Gasteiger partial charge is 0.189 e. The Kier molecular flexibility index (Phi) is 2.49. The molecule has 0 unspecified atom stereocenters. The summed E-state index contributed by atoms with van der Waals surface area (Å²) in [5, 5.41) is 0. The van der Waals surface area contributed by atoms with E-state index < -0.39 is 5.79 Å². The summed E-state index contributed by atoms with van der Waals surface area (Å²) in [5.74, 6) is -0.130. The third-order valence-electron chi connectivity index (χ3n) is 4.00. The molecule has 0 radical (unpaired) electrons. The molecule has 0 aromatic heterocycles. The number of hydrogen-bond acceptors (Lipinski definition) is 3. The van der Waals surface area contributed by atoms with Crippen LogP contribution in [0.1, 0.15) is 33.1 Å². The second-order valence-corrected chi connectivity index (χ2v) is 5.42. The molecular formula is C14H18O3. The number of ether oxygens (including phenoxy) is 2. The number of allylic oxidation sites excluding steroid dienone is 1. The maximum absolute atomic E-state index is 12.1. The Morgan fingerprint density at radius 3 is 2.94 bits per heavy atom. The van der Waals surface area contributed by atoms with E-state index in [1.54, 1.807) is 0 Å². The van der Waals surface area contributed by atoms with E-state index >= 15 is 0 Å². The van der Waals surface area contributed by atoms with Crippen molar-refractivity contribution in [1.29, 1.82) is 0 Å². The summed E-state index contributed by atoms with van der Waals surface area (Å²) in [6, 6.07) is 0. The molecule has 3 rings (SSSR count). The van der Waals surface area contributed by atoms with Gasteiger partial charge >= 0.3 is 0 Å². The molecule has 3 heteroatoms. The summed E-state index contributed by atoms with van der Waals surface area (Å²) < 4.78 is 11.7. The molecule has 17 heavy (non-hydrogen) atoms. The van der Waals surface area contributed by atoms with Crippen molar-refractivity contribution in [2.75, 3.05) is 6.61 Å². The summed E-state index contributed by atoms with van der Waals surface area (Å²) in [6.07, 6.45) is 6.62. The van der Waals surface area contributed by atoms with Gasteiger partial charge < -0.3 is 9.47 Å². The molecule has 1 fully saturated rings. The second-order valence-electron chi connectivity index (χ2n) is 5.42. The first kappa shape index (κ1) is 11.2. The highest BCUT2D eigenvalue weighted by Crippen LogP contribution is 2.42. The van der Waals surface area contributed by atoms with Crippen molar-refractivity contribution >= 4 is 5.78 Å². The standard InChI is InChI=1S/C14H18O3/c1-9-7-14(16-8-9)6-5-11-4-3-10(2)12(15)13(11)17-14/h3,7,11,13H,4-6,8H2,1-2H3/t11-,13-,14+/m1/s1. The van der Waals surface area contributed by atoms with Gasteiger partial charge in [0.05, 0.1) is 6.61 Å². The summed E-state index contributed by atoms with van der Waals surface area (Å²) in [5.41, 5.74) is 2.03. The molecule has 0 N–H and O–H groups in total. The molecule has 1 aliphatic carbocycles. The molecule has 0 amide bonds. The van der Waals surface area contributed by atoms with E-state index in [1.807, 2.05) is 26.0 Å². The molecule has 0 bridgehead atoms. The van der Waals surface area contributed by atoms with Gasteiger partial charge in [0.1, 0.15) is 6.10 Å². The molecule has 3 nitrogen and oxygen atoms in total. The van der Waals surface area contributed by atoms with Gasteiger partial charge in [-0.3, -0.25) is 4.79 Å². The number of carbonyl (C=O) groups excluding carboxylic acids is 1. The quantitative estimate of drug-likeness (QED) is 0.604. The fourth-order valence-corrected chi connectivity index (χ4v) is 2.98. The number of rotatable bonds is 0. The number of fused-ring (bicyclic) bond motifs is 1. The third kappa shape index (κ3) is 1.78. The zero-order valence-corrected chi connectivity index (χ0v) is 10.4. The first-order chi connectivity index (χ1) is 8.10. The molecule has 2 aliphatic heterocycles. The molecule has 0 aromatic rings. The number of Topliss-reactive ketones (excluding diaryl/α,β-unsaturated/α-hetero) is 1. The Morgan fingerprint density at radius 1 is 1.41 bits per heavy atom. The van der Waals surface area contributed by atoms with Crippen molar-refractivity contribution in [2.45, 2.75) is 45.0 Å². The van der Waals surface area contributed by atoms with Crippen molar-refractivity contribution in [3.63, 3.8) is 0 Å². The average molecular weight is 234 g/mol. The molecular weight excluding hydrogens is 216 g/mol. The van der Waals surface area contributed by atoms with E-state index in [-0.39, 0.29) is 11.9 Å². The van der Waals surface area contributed by atoms with Crippen LogP contribution in [0.25, 0.3) is 0 Å². The van der Waals surface area contributed by atoms with Crippen LogP contribution in [0.4, 0.5) is 0 Å². The van der Waals surface area contributed by atoms with Crippen LogP contribution in [-0.2, 0) is 14.3 Å². The zero-order chi connectivity index (χ0) is 12.0. The van der Waals surface area contributed by atoms with Gasteiger partial charge in [-0.05, 0) is 49.8 Å². The van der Waals surface area contributed by atoms with Crippen LogP contribution in [0.2, 0.25) is 0 Å². The normalized spacial score (nSPS) is 41.2. The largest absolute Gasteiger partial charge is 0.342 e. The van der Waals surface area contributed by atoms with E-state index in [0.29, 0.717) is 12.5 Å². The SMILES string of the molecule is CC1=C[C@@]2(CC[C@H]3CC=C(C)C(=O)[C@@H]3O2)OC1. The maximum atomic E-state index is 12.1. The molecule has 0 saturated carbocycles. The van der Waals surface area contributed by atoms with Gasteiger partial charge in [-0.1, -0.05) is 6.08 Å². The summed E-state index contributed by atoms with van der Waals surface area (Å²) in [6.45, 7) is 4.54. The Labute approximate surface area is 101 Å². The van der Waals surface area contributed by atoms with Crippen molar-refractivity contribution in [3.05, 3.63) is 23.3 Å². The Balaban J connectivity index is 1.85. The Morgan fingerprint density at radius 2 is 2.24 bits per heavy atom. The fraction of sp³-hybridized carbons (Fsp3) is 0.643. The highest BCUT2D eigenvalue weighted by molar-refractivity contribution is 5.99. The zero-order valence-electron chi connectivity index (χ0n) is 10.4. The van der Waals surface area contributed by atoms with Crippen molar-refractivity contribution < 1.29 is 14.3 Å². The van der Waals surface area contributed by atoms with E-state index in [1.165, 1.54) is 5.57 Å². The van der Waals surface area contributed by atoms with Gasteiger partial charge in [-0.25, -0.2) is 0 Å². The molecule has 3 atom stereocenters. The maximum Gasteiger partial charge on any atom is 0.189 e. The van der Waals surface area contributed by atoms with Crippen LogP contribution in [-0.4, -0.2) is 24.3 Å². The predicted octanol–water partition coefficient (Wildman–Crippen LogP) is 2.37. The lowest BCUT2D eigenvalue weighted by Gasteiger charge is -2.42. The summed E-state index contributed by atoms with van der Waals surface area (Å²) in [4.78, 5) is 12.1. The van der Waals surface area contributed by atoms with E-state index in [0.717, 1.165) is 24.8 Å². The van der Waals surface area contributed by atoms with Crippen LogP contribution >= 0.6 is 0 Å². The molecule has 2 heterocycles. The van der Waals surface area contributed by atoms with Crippen molar-refractivity contribution in [2.24, 2.45) is 5.92 Å². The van der Waals surface area contributed by atoms with Crippen LogP contribution in [0.3, 0.4) is 0 Å². The summed E-state index contributed by atoms with van der Waals surface area (Å²) in [7, 11) is 0. The predicted molar refractivity (Wildman–Crippen MR) is 63.4 cm³/mol. The average Bonchev–Trinajstić information content (AvgIpc) is 2.66. The minimum absolute atomic E-state index is 0.141. The van der Waals surface area contributed by atoms with Crippen LogP contribution in [0.15, 0.2) is 23.3 Å². The highest BCUT2D eigenvalue weighted by Gasteiger charge is 2.47. The highest BCUT2D eigenvalue weighted by atomic mass is 16.7. The van der Waals surface area contributed by atoms with Crippen LogP contribution in [0.5, 0.6) is 0 Å². The van der Waals surface area contributed by atoms with E-state index in [9.17, 15) is 4.79 Å². The minimum Gasteiger partial charge on any atom is -0.342 e. The minimum atomic E-state index is -0.613. The first-order valence-electron chi connectivity index (χ1n) is 6.31. The van der Waals surface area contributed by atoms with E-state index in [4.69, 9.17) is 9.47 Å². The Bertz CT molecular complexity index is 421. The number of ketones is 1. The fourth-order valence-electron chi connectivity index (χ4n) is 2.98. The topological polar surface area (TPSA) is 35.5 Å². The van der Waals surface area contributed by atoms with Crippen LogP contribution < -0.4 is 0 Å². The molecule has 1 spiro atoms. The number of hydrogen-bond donors (Lipinski definition) is 0. The molecule has 92 valence electrons. The second kappa shape index (κ2) is 3.79. The van der Waals surface area contributed by atoms with Gasteiger partial charge in [0.2, 0.25) is 0 Å². The Hall–Kier alpha value is -0.930. The third-order valence-corrected chi connectivity index (χ3v) is 4.00. The summed E-state index contributed by atoms with van der Waals surface area (Å²) >= 11 is 0. The lowest BCUT2D eigenvalue weighted by Crippen LogP contribution is -2.49. The monoisotopic (exact) mass is 234 g/mol. The van der Waals surface area contributed by atoms with Crippen molar-refractivity contribution in [1.82, 2.24) is 0 Å². The van der Waals surface area contributed by atoms with Gasteiger partial charge in [0.25, 0.3) is 0 Å². The van der Waals surface area contributed by atoms with Crippen LogP contribution in [0, 0.1) is 5.92 Å². The van der Waals surface area contributed by atoms with Gasteiger partial charge in [-0.15, -0.1) is 0 Å². The first-order valence-corrected chi connectivity index (χ1v) is 6.31. The molecule has 0 aromatic carbocycles. The lowest BCUT2D eigenvalue weighted by molar-refractivity contribution is -0.246. The van der Waals surface area contributed by atoms with Gasteiger partial charge in [-0.2, -0.15) is 0 Å². The number of carbonyl (C=O) groups is 1. The van der Waals surface area contributed by atoms with Crippen molar-refractivity contribution in [3.8, 4) is 0 Å². The lowest BCUT2D eigenvalue weighted by atomic mass is 9.80. The molecule has 3 aliphatic rings. The van der Waals surface area contributed by atoms with Gasteiger partial charge in [0, 0.05) is 6.42 Å². The molecule has 1 saturated heterocycles.